The molecule has 0 saturated heterocycles. The maximum absolute atomic E-state index is 13.2. The minimum atomic E-state index is -4.97. The molecule has 0 rings (SSSR count). The Morgan fingerprint density at radius 3 is 0.679 bits per heavy atom. The number of carbonyl (C=O) groups is 4. The van der Waals surface area contributed by atoms with Gasteiger partial charge in [0.25, 0.3) is 0 Å². The van der Waals surface area contributed by atoms with Crippen molar-refractivity contribution < 1.29 is 80.2 Å². The minimum Gasteiger partial charge on any atom is -0.462 e. The molecule has 0 aromatic heterocycles. The molecule has 666 valence electrons. The minimum absolute atomic E-state index is 0.107. The number of aliphatic hydroxyl groups excluding tert-OH is 1. The average molecular weight is 1630 g/mol. The highest BCUT2D eigenvalue weighted by molar-refractivity contribution is 7.47. The van der Waals surface area contributed by atoms with Crippen molar-refractivity contribution in [1.29, 1.82) is 0 Å². The molecule has 0 spiro atoms. The SMILES string of the molecule is CCCCCCCCCCCCCCCCCCCCCCCCC(=O)OC[C@H](COP(=O)(O)OC[C@@H](O)COP(=O)(O)OC[C@@H](COC(=O)CCCCCCCCC(C)C)OC(=O)CCCCCCCCCCCCCCCCCCC(C)C)OC(=O)CCCCCCCCCCCCCCCCCCCCC(C)CC. The van der Waals surface area contributed by atoms with Crippen molar-refractivity contribution in [3.05, 3.63) is 0 Å². The average Bonchev–Trinajstić information content (AvgIpc) is 0.898. The summed E-state index contributed by atoms with van der Waals surface area (Å²) in [6.07, 6.45) is 76.8. The van der Waals surface area contributed by atoms with E-state index in [-0.39, 0.29) is 25.7 Å². The summed E-state index contributed by atoms with van der Waals surface area (Å²) in [5.74, 6) is 0.259. The molecule has 0 heterocycles. The molecule has 0 amide bonds. The highest BCUT2D eigenvalue weighted by Crippen LogP contribution is 2.45. The van der Waals surface area contributed by atoms with Crippen LogP contribution in [0.25, 0.3) is 0 Å². The van der Waals surface area contributed by atoms with E-state index < -0.39 is 97.5 Å². The summed E-state index contributed by atoms with van der Waals surface area (Å²) in [6.45, 7) is 12.0. The van der Waals surface area contributed by atoms with Crippen molar-refractivity contribution in [1.82, 2.24) is 0 Å². The van der Waals surface area contributed by atoms with Crippen molar-refractivity contribution in [3.8, 4) is 0 Å². The van der Waals surface area contributed by atoms with Crippen LogP contribution in [0.5, 0.6) is 0 Å². The van der Waals surface area contributed by atoms with Crippen LogP contribution >= 0.6 is 15.6 Å². The van der Waals surface area contributed by atoms with Gasteiger partial charge in [-0.05, 0) is 43.4 Å². The predicted octanol–water partition coefficient (Wildman–Crippen LogP) is 28.8. The maximum Gasteiger partial charge on any atom is 0.472 e. The van der Waals surface area contributed by atoms with Crippen LogP contribution in [0, 0.1) is 17.8 Å². The van der Waals surface area contributed by atoms with Gasteiger partial charge in [-0.2, -0.15) is 0 Å². The number of aliphatic hydroxyl groups is 1. The van der Waals surface area contributed by atoms with Gasteiger partial charge in [0.05, 0.1) is 26.4 Å². The second-order valence-electron chi connectivity index (χ2n) is 34.6. The summed E-state index contributed by atoms with van der Waals surface area (Å²) < 4.78 is 69.0. The summed E-state index contributed by atoms with van der Waals surface area (Å²) in [5, 5.41) is 10.7. The van der Waals surface area contributed by atoms with E-state index in [1.807, 2.05) is 0 Å². The first kappa shape index (κ1) is 110. The van der Waals surface area contributed by atoms with Gasteiger partial charge in [-0.1, -0.05) is 447 Å². The van der Waals surface area contributed by atoms with Crippen molar-refractivity contribution in [2.24, 2.45) is 17.8 Å². The Balaban J connectivity index is 5.19. The molecule has 3 N–H and O–H groups in total. The number of carbonyl (C=O) groups excluding carboxylic acids is 4. The highest BCUT2D eigenvalue weighted by Gasteiger charge is 2.31. The fourth-order valence-electron chi connectivity index (χ4n) is 14.6. The molecule has 0 fully saturated rings. The van der Waals surface area contributed by atoms with Crippen LogP contribution in [-0.4, -0.2) is 96.7 Å². The molecule has 0 aromatic carbocycles. The molecule has 6 atom stereocenters. The van der Waals surface area contributed by atoms with Gasteiger partial charge in [0.2, 0.25) is 0 Å². The van der Waals surface area contributed by atoms with Gasteiger partial charge in [-0.3, -0.25) is 37.3 Å². The molecule has 19 heteroatoms. The van der Waals surface area contributed by atoms with Gasteiger partial charge in [0, 0.05) is 25.7 Å². The molecule has 0 aliphatic rings. The molecule has 112 heavy (non-hydrogen) atoms. The van der Waals surface area contributed by atoms with Crippen molar-refractivity contribution in [3.63, 3.8) is 0 Å². The lowest BCUT2D eigenvalue weighted by Gasteiger charge is -2.21. The van der Waals surface area contributed by atoms with Gasteiger partial charge in [-0.15, -0.1) is 0 Å². The second kappa shape index (κ2) is 82.7. The third kappa shape index (κ3) is 84.5. The van der Waals surface area contributed by atoms with Gasteiger partial charge in [-0.25, -0.2) is 9.13 Å². The Labute approximate surface area is 689 Å². The third-order valence-corrected chi connectivity index (χ3v) is 24.1. The van der Waals surface area contributed by atoms with E-state index in [1.54, 1.807) is 0 Å². The summed E-state index contributed by atoms with van der Waals surface area (Å²) in [4.78, 5) is 73.4. The van der Waals surface area contributed by atoms with Gasteiger partial charge >= 0.3 is 39.5 Å². The lowest BCUT2D eigenvalue weighted by atomic mass is 9.99. The quantitative estimate of drug-likeness (QED) is 0.0222. The summed E-state index contributed by atoms with van der Waals surface area (Å²) >= 11 is 0. The van der Waals surface area contributed by atoms with E-state index >= 15 is 0 Å². The van der Waals surface area contributed by atoms with Crippen LogP contribution in [-0.2, 0) is 65.4 Å². The Hall–Kier alpha value is -1.94. The predicted molar refractivity (Wildman–Crippen MR) is 465 cm³/mol. The number of hydrogen-bond acceptors (Lipinski definition) is 15. The highest BCUT2D eigenvalue weighted by atomic mass is 31.2. The standard InChI is InChI=1S/C93H182O17P2/c1-8-10-11-12-13-14-15-16-17-18-19-20-21-22-26-32-37-42-47-52-60-67-74-90(95)103-80-88(109-92(97)76-69-62-53-48-43-38-33-27-24-23-25-31-36-41-46-51-59-66-73-86(7)9-2)82-107-111(99,100)105-78-87(94)79-106-112(101,102)108-83-89(81-104-91(96)75-68-61-56-55-58-65-72-85(5)6)110-93(98)77-70-63-54-49-44-39-34-29-28-30-35-40-45-50-57-64-71-84(3)4/h84-89,94H,8-83H2,1-7H3,(H,99,100)(H,101,102)/t86?,87-,88-,89-/m1/s1. The number of rotatable bonds is 91. The number of unbranched alkanes of at least 4 members (excludes halogenated alkanes) is 58. The molecule has 3 unspecified atom stereocenters. The number of esters is 4. The van der Waals surface area contributed by atoms with Crippen LogP contribution in [0.1, 0.15) is 498 Å². The first-order valence-corrected chi connectivity index (χ1v) is 50.9. The largest absolute Gasteiger partial charge is 0.472 e. The molecule has 0 radical (unpaired) electrons. The maximum atomic E-state index is 13.2. The number of phosphoric ester groups is 2. The molecule has 0 bridgehead atoms. The molecular formula is C93H182O17P2. The zero-order valence-corrected chi connectivity index (χ0v) is 75.9. The van der Waals surface area contributed by atoms with E-state index in [1.165, 1.54) is 302 Å². The molecule has 0 saturated carbocycles. The number of hydrogen-bond donors (Lipinski definition) is 3. The molecule has 0 aromatic rings. The van der Waals surface area contributed by atoms with E-state index in [0.717, 1.165) is 108 Å². The van der Waals surface area contributed by atoms with E-state index in [4.69, 9.17) is 37.0 Å². The number of ether oxygens (including phenoxy) is 4. The first-order chi connectivity index (χ1) is 54.3. The topological polar surface area (TPSA) is 237 Å². The van der Waals surface area contributed by atoms with E-state index in [9.17, 15) is 43.2 Å². The Morgan fingerprint density at radius 2 is 0.455 bits per heavy atom. The van der Waals surface area contributed by atoms with Crippen LogP contribution in [0.2, 0.25) is 0 Å². The second-order valence-corrected chi connectivity index (χ2v) is 37.5. The van der Waals surface area contributed by atoms with Crippen molar-refractivity contribution in [2.45, 2.75) is 516 Å². The van der Waals surface area contributed by atoms with Gasteiger partial charge in [0.1, 0.15) is 19.3 Å². The Bertz CT molecular complexity index is 2150. The van der Waals surface area contributed by atoms with Gasteiger partial charge in [0.15, 0.2) is 12.2 Å². The lowest BCUT2D eigenvalue weighted by Crippen LogP contribution is -2.30. The zero-order valence-electron chi connectivity index (χ0n) is 74.2. The Morgan fingerprint density at radius 1 is 0.259 bits per heavy atom. The smallest absolute Gasteiger partial charge is 0.462 e. The van der Waals surface area contributed by atoms with Crippen molar-refractivity contribution >= 4 is 39.5 Å². The molecule has 0 aliphatic heterocycles. The van der Waals surface area contributed by atoms with E-state index in [0.29, 0.717) is 31.6 Å². The summed E-state index contributed by atoms with van der Waals surface area (Å²) in [5.41, 5.74) is 0. The first-order valence-electron chi connectivity index (χ1n) is 47.9. The molecule has 0 aliphatic carbocycles. The fraction of sp³-hybridized carbons (Fsp3) is 0.957. The summed E-state index contributed by atoms with van der Waals surface area (Å²) in [7, 11) is -9.94. The van der Waals surface area contributed by atoms with Crippen LogP contribution in [0.15, 0.2) is 0 Å². The Kier molecular flexibility index (Phi) is 81.3. The lowest BCUT2D eigenvalue weighted by molar-refractivity contribution is -0.161. The van der Waals surface area contributed by atoms with E-state index in [2.05, 4.69) is 48.5 Å². The van der Waals surface area contributed by atoms with Crippen LogP contribution in [0.4, 0.5) is 0 Å². The van der Waals surface area contributed by atoms with Crippen molar-refractivity contribution in [2.75, 3.05) is 39.6 Å². The molecule has 17 nitrogen and oxygen atoms in total. The summed E-state index contributed by atoms with van der Waals surface area (Å²) in [6, 6.07) is 0. The molecular weight excluding hydrogens is 1450 g/mol. The fourth-order valence-corrected chi connectivity index (χ4v) is 16.2. The van der Waals surface area contributed by atoms with Gasteiger partial charge < -0.3 is 33.8 Å². The normalized spacial score (nSPS) is 14.0. The number of phosphoric acid groups is 2. The van der Waals surface area contributed by atoms with Crippen LogP contribution < -0.4 is 0 Å². The third-order valence-electron chi connectivity index (χ3n) is 22.2. The monoisotopic (exact) mass is 1630 g/mol. The zero-order chi connectivity index (χ0) is 82.2. The van der Waals surface area contributed by atoms with Crippen LogP contribution in [0.3, 0.4) is 0 Å².